The van der Waals surface area contributed by atoms with Crippen molar-refractivity contribution < 1.29 is 14.3 Å². The number of nitrogens with one attached hydrogen (secondary N) is 1. The number of carbonyl (C=O) groups is 2. The first kappa shape index (κ1) is 21.4. The summed E-state index contributed by atoms with van der Waals surface area (Å²) in [6.07, 6.45) is 3.03. The quantitative estimate of drug-likeness (QED) is 0.633. The van der Waals surface area contributed by atoms with Crippen LogP contribution in [0.2, 0.25) is 0 Å². The summed E-state index contributed by atoms with van der Waals surface area (Å²) >= 11 is 3.45. The number of carbonyl (C=O) groups excluding carboxylic acids is 2. The Balaban J connectivity index is 1.61. The van der Waals surface area contributed by atoms with E-state index in [4.69, 9.17) is 4.74 Å². The predicted molar refractivity (Wildman–Crippen MR) is 119 cm³/mol. The molecule has 1 heterocycles. The molecule has 1 N–H and O–H groups in total. The van der Waals surface area contributed by atoms with Crippen LogP contribution in [0.1, 0.15) is 53.8 Å². The van der Waals surface area contributed by atoms with Gasteiger partial charge in [0, 0.05) is 29.9 Å². The molecule has 2 amide bonds. The van der Waals surface area contributed by atoms with Crippen LogP contribution < -0.4 is 10.1 Å². The number of benzene rings is 2. The van der Waals surface area contributed by atoms with Crippen LogP contribution in [0.25, 0.3) is 0 Å². The number of amides is 2. The fraction of sp³-hybridized carbons (Fsp3) is 0.391. The fourth-order valence-corrected chi connectivity index (χ4v) is 3.76. The summed E-state index contributed by atoms with van der Waals surface area (Å²) in [5, 5.41) is 2.87. The van der Waals surface area contributed by atoms with Crippen LogP contribution in [0.4, 0.5) is 5.69 Å². The maximum atomic E-state index is 12.6. The molecule has 154 valence electrons. The van der Waals surface area contributed by atoms with Gasteiger partial charge in [-0.25, -0.2) is 0 Å². The highest BCUT2D eigenvalue weighted by molar-refractivity contribution is 9.10. The summed E-state index contributed by atoms with van der Waals surface area (Å²) in [5.74, 6) is 1.25. The van der Waals surface area contributed by atoms with Crippen molar-refractivity contribution in [2.45, 2.75) is 33.1 Å². The van der Waals surface area contributed by atoms with Gasteiger partial charge in [-0.2, -0.15) is 0 Å². The molecule has 1 aliphatic heterocycles. The molecule has 1 aliphatic rings. The number of piperidine rings is 1. The molecule has 1 saturated heterocycles. The highest BCUT2D eigenvalue weighted by Gasteiger charge is 2.21. The highest BCUT2D eigenvalue weighted by Crippen LogP contribution is 2.27. The molecule has 3 rings (SSSR count). The standard InChI is InChI=1S/C23H27BrN2O3/c1-3-14-29-21-9-6-18(15-20(21)24)22(27)25-19-7-4-17(5-8-19)23(28)26-12-10-16(2)11-13-26/h4-9,15-16H,3,10-14H2,1-2H3,(H,25,27). The fourth-order valence-electron chi connectivity index (χ4n) is 3.26. The summed E-state index contributed by atoms with van der Waals surface area (Å²) in [6.45, 7) is 6.52. The molecule has 0 saturated carbocycles. The van der Waals surface area contributed by atoms with Gasteiger partial charge in [0.1, 0.15) is 5.75 Å². The van der Waals surface area contributed by atoms with Crippen molar-refractivity contribution in [2.24, 2.45) is 5.92 Å². The molecule has 0 radical (unpaired) electrons. The third kappa shape index (κ3) is 5.60. The van der Waals surface area contributed by atoms with Crippen molar-refractivity contribution >= 4 is 33.4 Å². The summed E-state index contributed by atoms with van der Waals surface area (Å²) in [6, 6.07) is 12.4. The van der Waals surface area contributed by atoms with Crippen molar-refractivity contribution in [1.29, 1.82) is 0 Å². The van der Waals surface area contributed by atoms with Gasteiger partial charge in [0.05, 0.1) is 11.1 Å². The van der Waals surface area contributed by atoms with Crippen LogP contribution >= 0.6 is 15.9 Å². The van der Waals surface area contributed by atoms with Crippen LogP contribution in [0.5, 0.6) is 5.75 Å². The summed E-state index contributed by atoms with van der Waals surface area (Å²) < 4.78 is 6.36. The van der Waals surface area contributed by atoms with E-state index >= 15 is 0 Å². The minimum Gasteiger partial charge on any atom is -0.492 e. The lowest BCUT2D eigenvalue weighted by Gasteiger charge is -2.30. The molecule has 0 bridgehead atoms. The smallest absolute Gasteiger partial charge is 0.255 e. The molecule has 0 aliphatic carbocycles. The minimum absolute atomic E-state index is 0.0568. The van der Waals surface area contributed by atoms with Crippen molar-refractivity contribution in [2.75, 3.05) is 25.0 Å². The zero-order chi connectivity index (χ0) is 20.8. The summed E-state index contributed by atoms with van der Waals surface area (Å²) in [4.78, 5) is 27.1. The second-order valence-corrected chi connectivity index (χ2v) is 8.35. The number of hydrogen-bond donors (Lipinski definition) is 1. The largest absolute Gasteiger partial charge is 0.492 e. The number of likely N-dealkylation sites (tertiary alicyclic amines) is 1. The Kier molecular flexibility index (Phi) is 7.31. The van der Waals surface area contributed by atoms with Crippen molar-refractivity contribution in [3.63, 3.8) is 0 Å². The molecule has 29 heavy (non-hydrogen) atoms. The van der Waals surface area contributed by atoms with Crippen LogP contribution in [-0.4, -0.2) is 36.4 Å². The van der Waals surface area contributed by atoms with E-state index in [0.717, 1.165) is 42.6 Å². The molecular formula is C23H27BrN2O3. The summed E-state index contributed by atoms with van der Waals surface area (Å²) in [5.41, 5.74) is 1.84. The SMILES string of the molecule is CCCOc1ccc(C(=O)Nc2ccc(C(=O)N3CCC(C)CC3)cc2)cc1Br. The molecule has 0 unspecified atom stereocenters. The molecule has 2 aromatic carbocycles. The first-order chi connectivity index (χ1) is 14.0. The second kappa shape index (κ2) is 9.92. The van der Waals surface area contributed by atoms with Crippen LogP contribution in [0.15, 0.2) is 46.9 Å². The maximum Gasteiger partial charge on any atom is 0.255 e. The molecule has 1 fully saturated rings. The number of hydrogen-bond acceptors (Lipinski definition) is 3. The molecule has 6 heteroatoms. The number of rotatable bonds is 6. The maximum absolute atomic E-state index is 12.6. The van der Waals surface area contributed by atoms with E-state index in [9.17, 15) is 9.59 Å². The Morgan fingerprint density at radius 2 is 1.76 bits per heavy atom. The van der Waals surface area contributed by atoms with Crippen molar-refractivity contribution in [3.8, 4) is 5.75 Å². The van der Waals surface area contributed by atoms with Crippen LogP contribution in [0.3, 0.4) is 0 Å². The van der Waals surface area contributed by atoms with E-state index in [-0.39, 0.29) is 11.8 Å². The van der Waals surface area contributed by atoms with E-state index in [0.29, 0.717) is 29.3 Å². The molecule has 2 aromatic rings. The highest BCUT2D eigenvalue weighted by atomic mass is 79.9. The van der Waals surface area contributed by atoms with Gasteiger partial charge < -0.3 is 15.0 Å². The minimum atomic E-state index is -0.211. The third-order valence-electron chi connectivity index (χ3n) is 5.12. The van der Waals surface area contributed by atoms with Gasteiger partial charge >= 0.3 is 0 Å². The molecular weight excluding hydrogens is 432 g/mol. The molecule has 5 nitrogen and oxygen atoms in total. The van der Waals surface area contributed by atoms with Crippen LogP contribution in [0, 0.1) is 5.92 Å². The van der Waals surface area contributed by atoms with Gasteiger partial charge in [-0.3, -0.25) is 9.59 Å². The predicted octanol–water partition coefficient (Wildman–Crippen LogP) is 5.36. The Morgan fingerprint density at radius 3 is 2.38 bits per heavy atom. The average molecular weight is 459 g/mol. The first-order valence-electron chi connectivity index (χ1n) is 10.1. The lowest BCUT2D eigenvalue weighted by molar-refractivity contribution is 0.0697. The number of nitrogens with zero attached hydrogens (tertiary/aromatic N) is 1. The van der Waals surface area contributed by atoms with E-state index in [2.05, 4.69) is 28.2 Å². The number of anilines is 1. The topological polar surface area (TPSA) is 58.6 Å². The van der Waals surface area contributed by atoms with Gasteiger partial charge in [0.25, 0.3) is 11.8 Å². The second-order valence-electron chi connectivity index (χ2n) is 7.50. The average Bonchev–Trinajstić information content (AvgIpc) is 2.73. The van der Waals surface area contributed by atoms with E-state index in [1.54, 1.807) is 42.5 Å². The van der Waals surface area contributed by atoms with Gasteiger partial charge in [-0.15, -0.1) is 0 Å². The van der Waals surface area contributed by atoms with Gasteiger partial charge in [0.2, 0.25) is 0 Å². The van der Waals surface area contributed by atoms with Gasteiger partial charge in [-0.05, 0) is 83.6 Å². The Morgan fingerprint density at radius 1 is 1.10 bits per heavy atom. The lowest BCUT2D eigenvalue weighted by atomic mass is 9.98. The van der Waals surface area contributed by atoms with Crippen LogP contribution in [-0.2, 0) is 0 Å². The Labute approximate surface area is 180 Å². The monoisotopic (exact) mass is 458 g/mol. The first-order valence-corrected chi connectivity index (χ1v) is 10.9. The number of halogens is 1. The van der Waals surface area contributed by atoms with E-state index in [1.165, 1.54) is 0 Å². The lowest BCUT2D eigenvalue weighted by Crippen LogP contribution is -2.37. The van der Waals surface area contributed by atoms with E-state index in [1.807, 2.05) is 11.8 Å². The Hall–Kier alpha value is -2.34. The molecule has 0 atom stereocenters. The van der Waals surface area contributed by atoms with Gasteiger partial charge in [0.15, 0.2) is 0 Å². The van der Waals surface area contributed by atoms with E-state index < -0.39 is 0 Å². The van der Waals surface area contributed by atoms with Crippen molar-refractivity contribution in [1.82, 2.24) is 4.90 Å². The van der Waals surface area contributed by atoms with Crippen molar-refractivity contribution in [3.05, 3.63) is 58.1 Å². The third-order valence-corrected chi connectivity index (χ3v) is 5.74. The zero-order valence-electron chi connectivity index (χ0n) is 16.9. The molecule has 0 aromatic heterocycles. The van der Waals surface area contributed by atoms with Gasteiger partial charge in [-0.1, -0.05) is 13.8 Å². The number of ether oxygens (including phenoxy) is 1. The normalized spacial score (nSPS) is 14.5. The molecule has 0 spiro atoms. The Bertz CT molecular complexity index is 859. The zero-order valence-corrected chi connectivity index (χ0v) is 18.5. The summed E-state index contributed by atoms with van der Waals surface area (Å²) in [7, 11) is 0.